The van der Waals surface area contributed by atoms with Gasteiger partial charge in [0, 0.05) is 6.42 Å². The average molecular weight is 269 g/mol. The predicted molar refractivity (Wildman–Crippen MR) is 67.8 cm³/mol. The van der Waals surface area contributed by atoms with Gasteiger partial charge >= 0.3 is 5.69 Å². The van der Waals surface area contributed by atoms with Crippen LogP contribution in [0, 0.1) is 10.1 Å². The van der Waals surface area contributed by atoms with Crippen LogP contribution in [0.3, 0.4) is 0 Å². The molecule has 0 saturated heterocycles. The summed E-state index contributed by atoms with van der Waals surface area (Å²) in [6, 6.07) is 4.34. The van der Waals surface area contributed by atoms with E-state index in [9.17, 15) is 10.1 Å². The highest BCUT2D eigenvalue weighted by atomic mass is 16.6. The summed E-state index contributed by atoms with van der Waals surface area (Å²) in [5.74, 6) is 0.658. The average Bonchev–Trinajstić information content (AvgIpc) is 2.42. The summed E-state index contributed by atoms with van der Waals surface area (Å²) in [6.45, 7) is 0.305. The second kappa shape index (κ2) is 7.04. The van der Waals surface area contributed by atoms with E-state index in [4.69, 9.17) is 20.4 Å². The first-order valence-corrected chi connectivity index (χ1v) is 5.50. The van der Waals surface area contributed by atoms with Crippen molar-refractivity contribution in [3.8, 4) is 11.5 Å². The Balaban J connectivity index is 2.60. The molecule has 0 amide bonds. The number of oxime groups is 1. The Hall–Kier alpha value is -2.51. The second-order valence-corrected chi connectivity index (χ2v) is 3.63. The molecule has 8 heteroatoms. The number of ether oxygens (including phenoxy) is 2. The van der Waals surface area contributed by atoms with Crippen LogP contribution in [0.1, 0.15) is 12.8 Å². The van der Waals surface area contributed by atoms with Gasteiger partial charge in [-0.05, 0) is 18.6 Å². The molecule has 0 heterocycles. The maximum absolute atomic E-state index is 10.8. The van der Waals surface area contributed by atoms with E-state index in [0.29, 0.717) is 25.2 Å². The number of hydrogen-bond donors (Lipinski definition) is 2. The maximum Gasteiger partial charge on any atom is 0.314 e. The quantitative estimate of drug-likeness (QED) is 0.193. The van der Waals surface area contributed by atoms with Crippen LogP contribution in [0.5, 0.6) is 11.5 Å². The fraction of sp³-hybridized carbons (Fsp3) is 0.364. The van der Waals surface area contributed by atoms with E-state index >= 15 is 0 Å². The van der Waals surface area contributed by atoms with Crippen molar-refractivity contribution >= 4 is 11.5 Å². The van der Waals surface area contributed by atoms with E-state index in [2.05, 4.69) is 5.16 Å². The molecule has 8 nitrogen and oxygen atoms in total. The predicted octanol–water partition coefficient (Wildman–Crippen LogP) is 1.51. The summed E-state index contributed by atoms with van der Waals surface area (Å²) in [4.78, 5) is 10.3. The molecule has 0 atom stereocenters. The van der Waals surface area contributed by atoms with E-state index < -0.39 is 4.92 Å². The molecule has 1 rings (SSSR count). The van der Waals surface area contributed by atoms with Crippen molar-refractivity contribution in [2.24, 2.45) is 10.9 Å². The smallest absolute Gasteiger partial charge is 0.314 e. The Bertz CT molecular complexity index is 475. The number of nitrogens with two attached hydrogens (primary N) is 1. The van der Waals surface area contributed by atoms with Crippen LogP contribution in [-0.4, -0.2) is 29.7 Å². The van der Waals surface area contributed by atoms with Crippen molar-refractivity contribution < 1.29 is 19.6 Å². The lowest BCUT2D eigenvalue weighted by Crippen LogP contribution is -2.12. The van der Waals surface area contributed by atoms with Crippen molar-refractivity contribution in [3.05, 3.63) is 28.3 Å². The number of nitro benzene ring substituents is 1. The van der Waals surface area contributed by atoms with Gasteiger partial charge < -0.3 is 20.4 Å². The molecule has 1 aromatic rings. The fourth-order valence-corrected chi connectivity index (χ4v) is 1.40. The van der Waals surface area contributed by atoms with Gasteiger partial charge in [-0.3, -0.25) is 10.1 Å². The number of nitro groups is 1. The molecule has 0 aliphatic rings. The highest BCUT2D eigenvalue weighted by molar-refractivity contribution is 5.79. The fourth-order valence-electron chi connectivity index (χ4n) is 1.40. The third-order valence-corrected chi connectivity index (χ3v) is 2.32. The standard InChI is InChI=1S/C11H15N3O5/c1-18-10-5-4-8(7-9(10)14(16)17)19-6-2-3-11(12)13-15/h4-5,7,15H,2-3,6H2,1H3,(H2,12,13). The van der Waals surface area contributed by atoms with Crippen LogP contribution < -0.4 is 15.2 Å². The first kappa shape index (κ1) is 14.6. The van der Waals surface area contributed by atoms with Gasteiger partial charge in [-0.25, -0.2) is 0 Å². The molecule has 0 bridgehead atoms. The lowest BCUT2D eigenvalue weighted by atomic mass is 10.2. The van der Waals surface area contributed by atoms with Crippen LogP contribution in [0.15, 0.2) is 23.4 Å². The van der Waals surface area contributed by atoms with Crippen LogP contribution in [0.2, 0.25) is 0 Å². The van der Waals surface area contributed by atoms with Crippen molar-refractivity contribution in [3.63, 3.8) is 0 Å². The van der Waals surface area contributed by atoms with Crippen LogP contribution in [0.4, 0.5) is 5.69 Å². The molecule has 0 radical (unpaired) electrons. The van der Waals surface area contributed by atoms with Gasteiger partial charge in [0.1, 0.15) is 11.6 Å². The van der Waals surface area contributed by atoms with E-state index in [1.54, 1.807) is 6.07 Å². The molecule has 3 N–H and O–H groups in total. The molecule has 19 heavy (non-hydrogen) atoms. The minimum absolute atomic E-state index is 0.115. The number of hydrogen-bond acceptors (Lipinski definition) is 6. The summed E-state index contributed by atoms with van der Waals surface area (Å²) in [5.41, 5.74) is 5.14. The lowest BCUT2D eigenvalue weighted by Gasteiger charge is -2.07. The third kappa shape index (κ3) is 4.34. The molecule has 1 aromatic carbocycles. The number of benzene rings is 1. The summed E-state index contributed by atoms with van der Waals surface area (Å²) < 4.78 is 10.2. The summed E-state index contributed by atoms with van der Waals surface area (Å²) in [7, 11) is 1.36. The molecule has 0 spiro atoms. The lowest BCUT2D eigenvalue weighted by molar-refractivity contribution is -0.385. The summed E-state index contributed by atoms with van der Waals surface area (Å²) in [5, 5.41) is 22.0. The molecule has 0 aliphatic carbocycles. The molecular weight excluding hydrogens is 254 g/mol. The molecule has 0 fully saturated rings. The van der Waals surface area contributed by atoms with Gasteiger partial charge in [0.15, 0.2) is 5.75 Å². The molecule has 0 unspecified atom stereocenters. The van der Waals surface area contributed by atoms with Gasteiger partial charge in [0.2, 0.25) is 0 Å². The number of rotatable bonds is 7. The summed E-state index contributed by atoms with van der Waals surface area (Å²) in [6.07, 6.45) is 0.921. The topological polar surface area (TPSA) is 120 Å². The Morgan fingerprint density at radius 2 is 2.32 bits per heavy atom. The Morgan fingerprint density at radius 3 is 2.89 bits per heavy atom. The van der Waals surface area contributed by atoms with Gasteiger partial charge in [-0.15, -0.1) is 0 Å². The number of amidine groups is 1. The normalized spacial score (nSPS) is 11.1. The molecule has 0 aromatic heterocycles. The SMILES string of the molecule is COc1ccc(OCCC/C(N)=N/O)cc1[N+](=O)[O-]. The highest BCUT2D eigenvalue weighted by Gasteiger charge is 2.15. The maximum atomic E-state index is 10.8. The Kier molecular flexibility index (Phi) is 5.39. The zero-order valence-corrected chi connectivity index (χ0v) is 10.4. The van der Waals surface area contributed by atoms with Crippen LogP contribution in [0.25, 0.3) is 0 Å². The zero-order valence-electron chi connectivity index (χ0n) is 10.4. The highest BCUT2D eigenvalue weighted by Crippen LogP contribution is 2.30. The molecule has 104 valence electrons. The largest absolute Gasteiger partial charge is 0.493 e. The van der Waals surface area contributed by atoms with E-state index in [0.717, 1.165) is 0 Å². The number of methoxy groups -OCH3 is 1. The van der Waals surface area contributed by atoms with Gasteiger partial charge in [0.05, 0.1) is 24.7 Å². The molecule has 0 aliphatic heterocycles. The zero-order chi connectivity index (χ0) is 14.3. The summed E-state index contributed by atoms with van der Waals surface area (Å²) >= 11 is 0. The third-order valence-electron chi connectivity index (χ3n) is 2.32. The minimum atomic E-state index is -0.540. The molecule has 0 saturated carbocycles. The van der Waals surface area contributed by atoms with Crippen molar-refractivity contribution in [1.29, 1.82) is 0 Å². The number of nitrogens with zero attached hydrogens (tertiary/aromatic N) is 2. The first-order valence-electron chi connectivity index (χ1n) is 5.50. The monoisotopic (exact) mass is 269 g/mol. The Morgan fingerprint density at radius 1 is 1.58 bits per heavy atom. The molecular formula is C11H15N3O5. The van der Waals surface area contributed by atoms with E-state index in [-0.39, 0.29) is 17.3 Å². The first-order chi connectivity index (χ1) is 9.08. The van der Waals surface area contributed by atoms with Crippen molar-refractivity contribution in [2.45, 2.75) is 12.8 Å². The van der Waals surface area contributed by atoms with Crippen molar-refractivity contribution in [1.82, 2.24) is 0 Å². The van der Waals surface area contributed by atoms with Gasteiger partial charge in [0.25, 0.3) is 0 Å². The van der Waals surface area contributed by atoms with Crippen LogP contribution in [-0.2, 0) is 0 Å². The van der Waals surface area contributed by atoms with E-state index in [1.165, 1.54) is 19.2 Å². The second-order valence-electron chi connectivity index (χ2n) is 3.63. The van der Waals surface area contributed by atoms with Crippen molar-refractivity contribution in [2.75, 3.05) is 13.7 Å². The van der Waals surface area contributed by atoms with Gasteiger partial charge in [-0.2, -0.15) is 0 Å². The van der Waals surface area contributed by atoms with Gasteiger partial charge in [-0.1, -0.05) is 5.16 Å². The Labute approximate surface area is 109 Å². The van der Waals surface area contributed by atoms with Crippen LogP contribution >= 0.6 is 0 Å². The van der Waals surface area contributed by atoms with E-state index in [1.807, 2.05) is 0 Å². The minimum Gasteiger partial charge on any atom is -0.493 e.